The van der Waals surface area contributed by atoms with Gasteiger partial charge in [-0.05, 0) is 94.0 Å². The van der Waals surface area contributed by atoms with Crippen LogP contribution >= 0.6 is 12.2 Å². The number of unbranched alkanes of at least 4 members (excludes halogenated alkanes) is 2. The summed E-state index contributed by atoms with van der Waals surface area (Å²) in [6.07, 6.45) is 10.4. The maximum absolute atomic E-state index is 11.7. The molecule has 3 rings (SSSR count). The van der Waals surface area contributed by atoms with Gasteiger partial charge in [0.15, 0.2) is 5.11 Å². The van der Waals surface area contributed by atoms with Crippen LogP contribution in [0, 0.1) is 17.8 Å². The molecule has 2 bridgehead atoms. The van der Waals surface area contributed by atoms with Crippen LogP contribution in [0.4, 0.5) is 5.69 Å². The molecule has 3 N–H and O–H groups in total. The van der Waals surface area contributed by atoms with Gasteiger partial charge in [-0.2, -0.15) is 5.10 Å². The molecule has 2 saturated carbocycles. The molecule has 1 aromatic rings. The molecule has 2 aliphatic carbocycles. The molecule has 2 aliphatic rings. The van der Waals surface area contributed by atoms with Gasteiger partial charge in [0.05, 0.1) is 0 Å². The number of para-hydroxylation sites is 1. The highest BCUT2D eigenvalue weighted by Crippen LogP contribution is 2.51. The highest BCUT2D eigenvalue weighted by molar-refractivity contribution is 7.80. The largest absolute Gasteiger partial charge is 0.478 e. The predicted octanol–water partition coefficient (Wildman–Crippen LogP) is 5.36. The van der Waals surface area contributed by atoms with E-state index in [1.165, 1.54) is 19.3 Å². The van der Waals surface area contributed by atoms with E-state index in [2.05, 4.69) is 15.8 Å². The Bertz CT molecular complexity index is 776. The Hall–Kier alpha value is -2.21. The fourth-order valence-electron chi connectivity index (χ4n) is 4.69. The number of aliphatic carboxylic acids is 1. The lowest BCUT2D eigenvalue weighted by molar-refractivity contribution is -0.133. The van der Waals surface area contributed by atoms with Gasteiger partial charge in [-0.15, -0.1) is 0 Å². The number of nitrogens with zero attached hydrogens (tertiary/aromatic N) is 1. The molecule has 0 unspecified atom stereocenters. The molecule has 0 spiro atoms. The molecule has 2 fully saturated rings. The monoisotopic (exact) mass is 413 g/mol. The van der Waals surface area contributed by atoms with Gasteiger partial charge in [0.2, 0.25) is 0 Å². The zero-order valence-electron chi connectivity index (χ0n) is 17.1. The van der Waals surface area contributed by atoms with Crippen molar-refractivity contribution in [1.29, 1.82) is 0 Å². The Balaban J connectivity index is 1.36. The van der Waals surface area contributed by atoms with Crippen molar-refractivity contribution in [3.8, 4) is 0 Å². The maximum Gasteiger partial charge on any atom is 0.331 e. The van der Waals surface area contributed by atoms with Gasteiger partial charge in [0.1, 0.15) is 0 Å². The number of hydrogen-bond donors (Lipinski definition) is 3. The van der Waals surface area contributed by atoms with E-state index in [-0.39, 0.29) is 5.92 Å². The highest BCUT2D eigenvalue weighted by atomic mass is 32.1. The maximum atomic E-state index is 11.7. The summed E-state index contributed by atoms with van der Waals surface area (Å²) in [6.45, 7) is 1.98. The number of anilines is 1. The van der Waals surface area contributed by atoms with E-state index in [1.54, 1.807) is 0 Å². The summed E-state index contributed by atoms with van der Waals surface area (Å²) in [5.74, 6) is 0.943. The van der Waals surface area contributed by atoms with Gasteiger partial charge in [-0.3, -0.25) is 5.43 Å². The van der Waals surface area contributed by atoms with Crippen LogP contribution in [0.3, 0.4) is 0 Å². The summed E-state index contributed by atoms with van der Waals surface area (Å²) in [4.78, 5) is 11.7. The van der Waals surface area contributed by atoms with Gasteiger partial charge < -0.3 is 10.4 Å². The van der Waals surface area contributed by atoms with Gasteiger partial charge in [0, 0.05) is 17.0 Å². The molecule has 5 nitrogen and oxygen atoms in total. The van der Waals surface area contributed by atoms with Crippen molar-refractivity contribution in [3.63, 3.8) is 0 Å². The van der Waals surface area contributed by atoms with Crippen LogP contribution in [0.2, 0.25) is 0 Å². The number of fused-ring (bicyclic) bond motifs is 2. The first-order valence-electron chi connectivity index (χ1n) is 10.6. The first-order valence-corrected chi connectivity index (χ1v) is 11.0. The summed E-state index contributed by atoms with van der Waals surface area (Å²) in [5.41, 5.74) is 5.45. The third-order valence-electron chi connectivity index (χ3n) is 6.12. The molecule has 0 saturated heterocycles. The topological polar surface area (TPSA) is 73.7 Å². The van der Waals surface area contributed by atoms with E-state index in [4.69, 9.17) is 12.2 Å². The second-order valence-electron chi connectivity index (χ2n) is 8.27. The molecule has 156 valence electrons. The normalized spacial score (nSPS) is 23.8. The molecule has 0 amide bonds. The molecule has 3 atom stereocenters. The van der Waals surface area contributed by atoms with Crippen molar-refractivity contribution >= 4 is 34.7 Å². The number of benzene rings is 1. The molecule has 0 heterocycles. The minimum Gasteiger partial charge on any atom is -0.478 e. The lowest BCUT2D eigenvalue weighted by Gasteiger charge is -2.22. The number of hydrogen-bond acceptors (Lipinski definition) is 3. The van der Waals surface area contributed by atoms with Gasteiger partial charge in [-0.1, -0.05) is 30.7 Å². The Morgan fingerprint density at radius 2 is 2.03 bits per heavy atom. The third kappa shape index (κ3) is 6.39. The quantitative estimate of drug-likeness (QED) is 0.167. The zero-order valence-corrected chi connectivity index (χ0v) is 17.9. The summed E-state index contributed by atoms with van der Waals surface area (Å²) in [7, 11) is 0. The molecule has 29 heavy (non-hydrogen) atoms. The predicted molar refractivity (Wildman–Crippen MR) is 122 cm³/mol. The van der Waals surface area contributed by atoms with Gasteiger partial charge in [0.25, 0.3) is 0 Å². The van der Waals surface area contributed by atoms with Crippen LogP contribution in [0.25, 0.3) is 0 Å². The van der Waals surface area contributed by atoms with Crippen molar-refractivity contribution in [3.05, 3.63) is 42.0 Å². The third-order valence-corrected chi connectivity index (χ3v) is 6.31. The second kappa shape index (κ2) is 10.5. The lowest BCUT2D eigenvalue weighted by atomic mass is 9.82. The van der Waals surface area contributed by atoms with E-state index in [0.29, 0.717) is 16.6 Å². The number of thiocarbonyl (C=S) groups is 1. The summed E-state index contributed by atoms with van der Waals surface area (Å²) < 4.78 is 0. The number of carbonyl (C=O) groups is 1. The van der Waals surface area contributed by atoms with Crippen LogP contribution in [0.15, 0.2) is 47.1 Å². The number of nitrogens with one attached hydrogen (secondary N) is 2. The van der Waals surface area contributed by atoms with Crippen LogP contribution in [-0.2, 0) is 4.79 Å². The van der Waals surface area contributed by atoms with Gasteiger partial charge >= 0.3 is 5.97 Å². The van der Waals surface area contributed by atoms with Crippen molar-refractivity contribution in [2.24, 2.45) is 22.9 Å². The molecular weight excluding hydrogens is 382 g/mol. The lowest BCUT2D eigenvalue weighted by Crippen LogP contribution is -2.24. The number of rotatable bonds is 9. The van der Waals surface area contributed by atoms with Crippen LogP contribution in [0.1, 0.15) is 58.3 Å². The summed E-state index contributed by atoms with van der Waals surface area (Å²) >= 11 is 5.24. The zero-order chi connectivity index (χ0) is 20.6. The molecule has 0 aliphatic heterocycles. The van der Waals surface area contributed by atoms with Crippen molar-refractivity contribution in [1.82, 2.24) is 5.43 Å². The fraction of sp³-hybridized carbons (Fsp3) is 0.522. The number of hydrazone groups is 1. The van der Waals surface area contributed by atoms with Crippen molar-refractivity contribution < 1.29 is 9.90 Å². The Labute approximate surface area is 178 Å². The summed E-state index contributed by atoms with van der Waals surface area (Å²) in [5, 5.41) is 17.5. The number of carboxylic acids is 1. The second-order valence-corrected chi connectivity index (χ2v) is 8.68. The van der Waals surface area contributed by atoms with E-state index in [1.807, 2.05) is 43.3 Å². The molecule has 6 heteroatoms. The van der Waals surface area contributed by atoms with Crippen molar-refractivity contribution in [2.45, 2.75) is 58.3 Å². The number of carboxylic acid groups (broad SMARTS) is 1. The van der Waals surface area contributed by atoms with Crippen LogP contribution in [0.5, 0.6) is 0 Å². The number of allylic oxidation sites excluding steroid dienone is 1. The van der Waals surface area contributed by atoms with E-state index in [0.717, 1.165) is 49.4 Å². The van der Waals surface area contributed by atoms with E-state index in [9.17, 15) is 9.90 Å². The molecule has 0 aromatic heterocycles. The Morgan fingerprint density at radius 1 is 1.24 bits per heavy atom. The summed E-state index contributed by atoms with van der Waals surface area (Å²) in [6, 6.07) is 9.73. The minimum atomic E-state index is -0.719. The van der Waals surface area contributed by atoms with E-state index < -0.39 is 5.97 Å². The Morgan fingerprint density at radius 3 is 2.69 bits per heavy atom. The fourth-order valence-corrected chi connectivity index (χ4v) is 4.85. The molecule has 1 aromatic carbocycles. The standard InChI is InChI=1S/C23H31N3O2S/c1-16(25-26-23(29)24-19-9-5-3-6-10-19)8-4-2-7-11-20(22(27)28)21-15-17-12-13-18(21)14-17/h3,5-6,9-11,17-18,21H,2,4,7-8,12-15H2,1H3,(H,27,28)(H2,24,26,29)/t17-,18+,21+/m0/s1. The first-order chi connectivity index (χ1) is 14.0. The van der Waals surface area contributed by atoms with Gasteiger partial charge in [-0.25, -0.2) is 4.79 Å². The SMILES string of the molecule is CC(CCCCC=C(C(=O)O)[C@@H]1C[C@H]2CC[C@@H]1C2)=NNC(=S)Nc1ccccc1. The molecule has 0 radical (unpaired) electrons. The average Bonchev–Trinajstić information content (AvgIpc) is 3.33. The average molecular weight is 414 g/mol. The van der Waals surface area contributed by atoms with Crippen LogP contribution in [-0.4, -0.2) is 21.9 Å². The molecular formula is C23H31N3O2S. The van der Waals surface area contributed by atoms with E-state index >= 15 is 0 Å². The highest BCUT2D eigenvalue weighted by Gasteiger charge is 2.42. The minimum absolute atomic E-state index is 0.289. The van der Waals surface area contributed by atoms with Crippen molar-refractivity contribution in [2.75, 3.05) is 5.32 Å². The smallest absolute Gasteiger partial charge is 0.331 e. The Kier molecular flexibility index (Phi) is 7.81. The van der Waals surface area contributed by atoms with Crippen LogP contribution < -0.4 is 10.7 Å². The first kappa shape index (κ1) is 21.5.